The third kappa shape index (κ3) is 12.0. The molecule has 4 rings (SSSR count). The molecule has 5 N–H and O–H groups in total. The van der Waals surface area contributed by atoms with E-state index in [9.17, 15) is 23.1 Å². The molecule has 0 fully saturated rings. The number of benzene rings is 4. The molecule has 0 bridgehead atoms. The van der Waals surface area contributed by atoms with Crippen molar-refractivity contribution in [2.45, 2.75) is 51.4 Å². The lowest BCUT2D eigenvalue weighted by molar-refractivity contribution is 0.0929. The first-order valence-electron chi connectivity index (χ1n) is 17.3. The lowest BCUT2D eigenvalue weighted by atomic mass is 10.00. The van der Waals surface area contributed by atoms with E-state index < -0.39 is 34.0 Å². The predicted octanol–water partition coefficient (Wildman–Crippen LogP) is 4.85. The van der Waals surface area contributed by atoms with Crippen molar-refractivity contribution < 1.29 is 23.1 Å². The Bertz CT molecular complexity index is 1810. The minimum atomic E-state index is -3.70. The van der Waals surface area contributed by atoms with Crippen LogP contribution in [0.3, 0.4) is 0 Å². The van der Waals surface area contributed by atoms with Gasteiger partial charge in [-0.05, 0) is 60.7 Å². The summed E-state index contributed by atoms with van der Waals surface area (Å²) in [5, 5.41) is 24.4. The molecule has 1 unspecified atom stereocenters. The molecule has 51 heavy (non-hydrogen) atoms. The van der Waals surface area contributed by atoms with E-state index in [2.05, 4.69) is 35.1 Å². The minimum absolute atomic E-state index is 0.137. The summed E-state index contributed by atoms with van der Waals surface area (Å²) in [5.41, 5.74) is 3.16. The number of sulfonamides is 1. The van der Waals surface area contributed by atoms with Crippen LogP contribution in [0.1, 0.15) is 70.3 Å². The van der Waals surface area contributed by atoms with Gasteiger partial charge in [0, 0.05) is 43.3 Å². The molecule has 0 aliphatic heterocycles. The van der Waals surface area contributed by atoms with Gasteiger partial charge in [-0.1, -0.05) is 105 Å². The summed E-state index contributed by atoms with van der Waals surface area (Å²) in [4.78, 5) is 27.6. The maximum Gasteiger partial charge on any atom is 0.251 e. The van der Waals surface area contributed by atoms with Crippen LogP contribution in [-0.4, -0.2) is 70.4 Å². The van der Waals surface area contributed by atoms with E-state index in [4.69, 9.17) is 0 Å². The molecule has 2 amide bonds. The topological polar surface area (TPSA) is 140 Å². The first-order chi connectivity index (χ1) is 24.3. The molecule has 0 radical (unpaired) electrons. The van der Waals surface area contributed by atoms with Crippen molar-refractivity contribution in [3.05, 3.63) is 137 Å². The summed E-state index contributed by atoms with van der Waals surface area (Å²) >= 11 is 0. The van der Waals surface area contributed by atoms with Crippen LogP contribution in [0.25, 0.3) is 0 Å². The summed E-state index contributed by atoms with van der Waals surface area (Å²) in [6.07, 6.45) is 0.744. The molecule has 4 aromatic rings. The highest BCUT2D eigenvalue weighted by atomic mass is 32.2. The fourth-order valence-electron chi connectivity index (χ4n) is 5.69. The normalized spacial score (nSPS) is 13.9. The highest BCUT2D eigenvalue weighted by molar-refractivity contribution is 7.92. The van der Waals surface area contributed by atoms with Gasteiger partial charge in [-0.3, -0.25) is 13.9 Å². The Balaban J connectivity index is 1.61. The largest absolute Gasteiger partial charge is 0.387 e. The van der Waals surface area contributed by atoms with Crippen molar-refractivity contribution in [1.29, 1.82) is 0 Å². The number of rotatable bonds is 18. The number of carbonyl (C=O) groups is 2. The Kier molecular flexibility index (Phi) is 14.3. The third-order valence-electron chi connectivity index (χ3n) is 8.68. The maximum absolute atomic E-state index is 14.0. The molecule has 4 atom stereocenters. The predicted molar refractivity (Wildman–Crippen MR) is 204 cm³/mol. The average molecular weight is 714 g/mol. The summed E-state index contributed by atoms with van der Waals surface area (Å²) in [5.74, 6) is -0.487. The molecule has 11 heteroatoms. The number of anilines is 1. The number of aliphatic hydroxyl groups is 1. The molecule has 0 aromatic heterocycles. The minimum Gasteiger partial charge on any atom is -0.387 e. The zero-order valence-electron chi connectivity index (χ0n) is 30.0. The van der Waals surface area contributed by atoms with Crippen LogP contribution >= 0.6 is 0 Å². The van der Waals surface area contributed by atoms with E-state index in [0.717, 1.165) is 33.8 Å². The molecule has 0 heterocycles. The lowest BCUT2D eigenvalue weighted by Crippen LogP contribution is -2.50. The molecule has 0 spiro atoms. The van der Waals surface area contributed by atoms with Gasteiger partial charge >= 0.3 is 0 Å². The Morgan fingerprint density at radius 3 is 1.80 bits per heavy atom. The zero-order chi connectivity index (χ0) is 37.0. The first kappa shape index (κ1) is 39.2. The van der Waals surface area contributed by atoms with E-state index >= 15 is 0 Å². The molecule has 272 valence electrons. The van der Waals surface area contributed by atoms with Crippen LogP contribution in [0.2, 0.25) is 0 Å². The van der Waals surface area contributed by atoms with Crippen molar-refractivity contribution in [1.82, 2.24) is 21.3 Å². The van der Waals surface area contributed by atoms with Crippen molar-refractivity contribution in [2.24, 2.45) is 5.92 Å². The van der Waals surface area contributed by atoms with E-state index in [0.29, 0.717) is 25.4 Å². The Morgan fingerprint density at radius 2 is 1.25 bits per heavy atom. The SMILES string of the molecule is CC(C)CNC[C@@H](NC[C@H](Cc1ccccc1)NC(=O)c1cc(C(=O)N[C@H](C)c2ccccc2)cc(N(C)S(C)(=O)=O)c1)C(O)c1ccccc1. The Labute approximate surface area is 302 Å². The maximum atomic E-state index is 14.0. The number of carbonyl (C=O) groups excluding carboxylic acids is 2. The lowest BCUT2D eigenvalue weighted by Gasteiger charge is -2.28. The summed E-state index contributed by atoms with van der Waals surface area (Å²) in [7, 11) is -2.32. The number of nitrogens with zero attached hydrogens (tertiary/aromatic N) is 1. The fourth-order valence-corrected chi connectivity index (χ4v) is 6.18. The third-order valence-corrected chi connectivity index (χ3v) is 9.88. The van der Waals surface area contributed by atoms with Crippen molar-refractivity contribution in [3.63, 3.8) is 0 Å². The molecular formula is C40H51N5O5S. The molecule has 10 nitrogen and oxygen atoms in total. The monoisotopic (exact) mass is 713 g/mol. The van der Waals surface area contributed by atoms with Gasteiger partial charge in [0.15, 0.2) is 0 Å². The number of aliphatic hydroxyl groups excluding tert-OH is 1. The Hall–Kier alpha value is -4.55. The molecule has 0 aliphatic rings. The van der Waals surface area contributed by atoms with Gasteiger partial charge in [0.1, 0.15) is 0 Å². The van der Waals surface area contributed by atoms with Crippen molar-refractivity contribution in [3.8, 4) is 0 Å². The second-order valence-corrected chi connectivity index (χ2v) is 15.4. The van der Waals surface area contributed by atoms with E-state index in [1.54, 1.807) is 0 Å². The number of hydrogen-bond donors (Lipinski definition) is 5. The van der Waals surface area contributed by atoms with Gasteiger partial charge in [0.2, 0.25) is 10.0 Å². The van der Waals surface area contributed by atoms with Crippen LogP contribution in [-0.2, 0) is 16.4 Å². The average Bonchev–Trinajstić information content (AvgIpc) is 3.12. The molecular weight excluding hydrogens is 663 g/mol. The van der Waals surface area contributed by atoms with Gasteiger partial charge < -0.3 is 26.4 Å². The summed E-state index contributed by atoms with van der Waals surface area (Å²) in [6.45, 7) is 7.70. The number of hydrogen-bond acceptors (Lipinski definition) is 7. The summed E-state index contributed by atoms with van der Waals surface area (Å²) < 4.78 is 26.1. The molecule has 0 saturated heterocycles. The van der Waals surface area contributed by atoms with Crippen LogP contribution in [0.5, 0.6) is 0 Å². The molecule has 4 aromatic carbocycles. The van der Waals surface area contributed by atoms with Crippen molar-refractivity contribution in [2.75, 3.05) is 37.2 Å². The van der Waals surface area contributed by atoms with E-state index in [-0.39, 0.29) is 28.9 Å². The number of amides is 2. The molecule has 0 aliphatic carbocycles. The number of nitrogens with one attached hydrogen (secondary N) is 4. The van der Waals surface area contributed by atoms with E-state index in [1.807, 2.05) is 97.9 Å². The quantitative estimate of drug-likeness (QED) is 0.0994. The highest BCUT2D eigenvalue weighted by Gasteiger charge is 2.25. The Morgan fingerprint density at radius 1 is 0.725 bits per heavy atom. The van der Waals surface area contributed by atoms with Gasteiger partial charge in [0.25, 0.3) is 11.8 Å². The highest BCUT2D eigenvalue weighted by Crippen LogP contribution is 2.23. The van der Waals surface area contributed by atoms with E-state index in [1.165, 1.54) is 25.2 Å². The standard InChI is InChI=1S/C40H51N5O5S/c1-28(2)25-41-27-37(38(46)32-19-13-8-14-20-32)42-26-35(21-30-15-9-6-10-16-30)44-40(48)34-22-33(23-36(24-34)45(4)51(5,49)50)39(47)43-29(3)31-17-11-7-12-18-31/h6-20,22-24,28-29,35,37-38,41-42,46H,21,25-27H2,1-5H3,(H,43,47)(H,44,48)/t29-,35+,37-,38?/m1/s1. The first-order valence-corrected chi connectivity index (χ1v) is 19.1. The summed E-state index contributed by atoms with van der Waals surface area (Å²) in [6, 6.07) is 32.0. The smallest absolute Gasteiger partial charge is 0.251 e. The van der Waals surface area contributed by atoms with Crippen molar-refractivity contribution >= 4 is 27.5 Å². The van der Waals surface area contributed by atoms with Crippen LogP contribution < -0.4 is 25.6 Å². The second kappa shape index (κ2) is 18.6. The second-order valence-electron chi connectivity index (χ2n) is 13.4. The molecule has 0 saturated carbocycles. The van der Waals surface area contributed by atoms with Crippen LogP contribution in [0, 0.1) is 5.92 Å². The zero-order valence-corrected chi connectivity index (χ0v) is 30.9. The fraction of sp³-hybridized carbons (Fsp3) is 0.350. The van der Waals surface area contributed by atoms with Crippen LogP contribution in [0.15, 0.2) is 109 Å². The van der Waals surface area contributed by atoms with Gasteiger partial charge in [-0.2, -0.15) is 0 Å². The van der Waals surface area contributed by atoms with Crippen LogP contribution in [0.4, 0.5) is 5.69 Å². The van der Waals surface area contributed by atoms with Gasteiger partial charge in [-0.15, -0.1) is 0 Å². The van der Waals surface area contributed by atoms with Gasteiger partial charge in [0.05, 0.1) is 24.1 Å². The van der Waals surface area contributed by atoms with Gasteiger partial charge in [-0.25, -0.2) is 8.42 Å².